The van der Waals surface area contributed by atoms with Crippen molar-refractivity contribution in [1.82, 2.24) is 0 Å². The zero-order chi connectivity index (χ0) is 9.19. The molecule has 0 aliphatic carbocycles. The van der Waals surface area contributed by atoms with Gasteiger partial charge in [0.25, 0.3) is 0 Å². The van der Waals surface area contributed by atoms with Gasteiger partial charge in [-0.2, -0.15) is 0 Å². The van der Waals surface area contributed by atoms with Crippen LogP contribution in [0, 0.1) is 0 Å². The number of allylic oxidation sites excluding steroid dienone is 2. The predicted octanol–water partition coefficient (Wildman–Crippen LogP) is 2.09. The quantitative estimate of drug-likeness (QED) is 0.690. The molecule has 2 atom stereocenters. The van der Waals surface area contributed by atoms with Crippen LogP contribution in [0.4, 0.5) is 0 Å². The van der Waals surface area contributed by atoms with Gasteiger partial charge in [-0.1, -0.05) is 6.08 Å². The summed E-state index contributed by atoms with van der Waals surface area (Å²) in [4.78, 5) is 0. The highest BCUT2D eigenvalue weighted by molar-refractivity contribution is 7.65. The Bertz CT molecular complexity index is 267. The smallest absolute Gasteiger partial charge is 0.247 e. The molecule has 0 aromatic carbocycles. The molecule has 0 amide bonds. The molecular formula is C8H13O3P. The number of hydrogen-bond donors (Lipinski definition) is 1. The third-order valence-corrected chi connectivity index (χ3v) is 3.55. The van der Waals surface area contributed by atoms with Crippen LogP contribution in [0.5, 0.6) is 0 Å². The molecular weight excluding hydrogens is 175 g/mol. The molecule has 0 aromatic rings. The Hall–Kier alpha value is -0.370. The molecule has 3 nitrogen and oxygen atoms in total. The molecule has 0 saturated carbocycles. The first-order valence-electron chi connectivity index (χ1n) is 3.83. The maximum atomic E-state index is 11.7. The number of aliphatic hydroxyl groups excluding tert-OH is 1. The molecule has 1 rings (SSSR count). The van der Waals surface area contributed by atoms with Gasteiger partial charge in [-0.05, 0) is 19.4 Å². The molecule has 1 aliphatic rings. The summed E-state index contributed by atoms with van der Waals surface area (Å²) in [5, 5.41) is 8.68. The van der Waals surface area contributed by atoms with Crippen LogP contribution in [0.15, 0.2) is 23.3 Å². The average molecular weight is 188 g/mol. The zero-order valence-corrected chi connectivity index (χ0v) is 8.12. The molecule has 12 heavy (non-hydrogen) atoms. The van der Waals surface area contributed by atoms with Gasteiger partial charge in [-0.15, -0.1) is 0 Å². The Morgan fingerprint density at radius 3 is 2.83 bits per heavy atom. The van der Waals surface area contributed by atoms with Gasteiger partial charge in [0.2, 0.25) is 7.37 Å². The fourth-order valence-electron chi connectivity index (χ4n) is 0.972. The van der Waals surface area contributed by atoms with Crippen molar-refractivity contribution >= 4 is 7.37 Å². The van der Waals surface area contributed by atoms with Gasteiger partial charge in [-0.3, -0.25) is 4.57 Å². The molecule has 1 aliphatic heterocycles. The predicted molar refractivity (Wildman–Crippen MR) is 48.1 cm³/mol. The van der Waals surface area contributed by atoms with Crippen LogP contribution in [0.3, 0.4) is 0 Å². The fourth-order valence-corrected chi connectivity index (χ4v) is 2.91. The largest absolute Gasteiger partial charge is 0.394 e. The third-order valence-electron chi connectivity index (χ3n) is 1.53. The Morgan fingerprint density at radius 1 is 1.75 bits per heavy atom. The van der Waals surface area contributed by atoms with Crippen molar-refractivity contribution in [2.24, 2.45) is 0 Å². The van der Waals surface area contributed by atoms with E-state index in [1.807, 2.05) is 6.92 Å². The van der Waals surface area contributed by atoms with E-state index in [1.54, 1.807) is 24.6 Å². The van der Waals surface area contributed by atoms with E-state index in [0.29, 0.717) is 0 Å². The topological polar surface area (TPSA) is 46.5 Å². The second-order valence-corrected chi connectivity index (χ2v) is 4.99. The summed E-state index contributed by atoms with van der Waals surface area (Å²) in [6.45, 7) is 3.45. The number of hydrogen-bond acceptors (Lipinski definition) is 3. The van der Waals surface area contributed by atoms with E-state index in [4.69, 9.17) is 9.63 Å². The van der Waals surface area contributed by atoms with Crippen LogP contribution in [-0.2, 0) is 9.09 Å². The van der Waals surface area contributed by atoms with Crippen molar-refractivity contribution in [2.75, 3.05) is 6.61 Å². The zero-order valence-electron chi connectivity index (χ0n) is 7.23. The van der Waals surface area contributed by atoms with Crippen LogP contribution in [0.25, 0.3) is 0 Å². The van der Waals surface area contributed by atoms with Gasteiger partial charge in [0.05, 0.1) is 12.7 Å². The van der Waals surface area contributed by atoms with Crippen molar-refractivity contribution in [1.29, 1.82) is 0 Å². The van der Waals surface area contributed by atoms with Crippen molar-refractivity contribution in [3.8, 4) is 0 Å². The van der Waals surface area contributed by atoms with Crippen molar-refractivity contribution < 1.29 is 14.2 Å². The monoisotopic (exact) mass is 188 g/mol. The van der Waals surface area contributed by atoms with Crippen molar-refractivity contribution in [3.63, 3.8) is 0 Å². The highest BCUT2D eigenvalue weighted by Gasteiger charge is 2.22. The molecule has 0 spiro atoms. The van der Waals surface area contributed by atoms with E-state index in [0.717, 1.165) is 5.57 Å². The molecule has 2 unspecified atom stereocenters. The lowest BCUT2D eigenvalue weighted by Crippen LogP contribution is -2.09. The van der Waals surface area contributed by atoms with Gasteiger partial charge in [0, 0.05) is 11.6 Å². The third kappa shape index (κ3) is 2.31. The summed E-state index contributed by atoms with van der Waals surface area (Å²) in [5.74, 6) is 3.17. The van der Waals surface area contributed by atoms with E-state index in [2.05, 4.69) is 0 Å². The molecule has 68 valence electrons. The van der Waals surface area contributed by atoms with Gasteiger partial charge >= 0.3 is 0 Å². The molecule has 0 radical (unpaired) electrons. The Labute approximate surface area is 72.2 Å². The molecule has 1 heterocycles. The van der Waals surface area contributed by atoms with Crippen LogP contribution in [-0.4, -0.2) is 17.8 Å². The summed E-state index contributed by atoms with van der Waals surface area (Å²) < 4.78 is 16.9. The molecule has 0 saturated heterocycles. The molecule has 0 fully saturated rings. The molecule has 0 aromatic heterocycles. The molecule has 1 N–H and O–H groups in total. The average Bonchev–Trinajstić information content (AvgIpc) is 2.30. The maximum absolute atomic E-state index is 11.7. The van der Waals surface area contributed by atoms with Crippen LogP contribution >= 0.6 is 7.37 Å². The van der Waals surface area contributed by atoms with Crippen molar-refractivity contribution in [3.05, 3.63) is 23.3 Å². The number of aliphatic hydroxyl groups is 1. The maximum Gasteiger partial charge on any atom is 0.247 e. The normalized spacial score (nSPS) is 30.4. The van der Waals surface area contributed by atoms with Crippen molar-refractivity contribution in [2.45, 2.75) is 20.0 Å². The van der Waals surface area contributed by atoms with Crippen LogP contribution in [0.2, 0.25) is 0 Å². The van der Waals surface area contributed by atoms with E-state index >= 15 is 0 Å². The molecule has 4 heteroatoms. The first kappa shape index (κ1) is 9.72. The van der Waals surface area contributed by atoms with E-state index < -0.39 is 7.37 Å². The summed E-state index contributed by atoms with van der Waals surface area (Å²) >= 11 is 0. The fraction of sp³-hybridized carbons (Fsp3) is 0.500. The summed E-state index contributed by atoms with van der Waals surface area (Å²) in [6.07, 6.45) is 1.40. The second kappa shape index (κ2) is 3.56. The van der Waals surface area contributed by atoms with Gasteiger partial charge < -0.3 is 9.63 Å². The first-order chi connectivity index (χ1) is 5.56. The molecule has 0 bridgehead atoms. The first-order valence-corrected chi connectivity index (χ1v) is 5.59. The minimum absolute atomic E-state index is 0.106. The minimum Gasteiger partial charge on any atom is -0.394 e. The van der Waals surface area contributed by atoms with Gasteiger partial charge in [-0.25, -0.2) is 0 Å². The van der Waals surface area contributed by atoms with E-state index in [-0.39, 0.29) is 12.7 Å². The standard InChI is InChI=1S/C8H13O3P/c1-7-3-4-12(10,6-7)11-8(2)5-9/h3-4,6,8-9H,5H2,1-2H3. The van der Waals surface area contributed by atoms with Gasteiger partial charge in [0.1, 0.15) is 0 Å². The highest BCUT2D eigenvalue weighted by atomic mass is 31.2. The Morgan fingerprint density at radius 2 is 2.42 bits per heavy atom. The Balaban J connectivity index is 2.65. The second-order valence-electron chi connectivity index (χ2n) is 2.93. The summed E-state index contributed by atoms with van der Waals surface area (Å²) in [7, 11) is -2.70. The van der Waals surface area contributed by atoms with E-state index in [9.17, 15) is 4.57 Å². The minimum atomic E-state index is -2.70. The lowest BCUT2D eigenvalue weighted by molar-refractivity contribution is 0.136. The lowest BCUT2D eigenvalue weighted by atomic mass is 10.4. The highest BCUT2D eigenvalue weighted by Crippen LogP contribution is 2.55. The number of rotatable bonds is 3. The Kier molecular flexibility index (Phi) is 2.89. The van der Waals surface area contributed by atoms with Crippen LogP contribution in [0.1, 0.15) is 13.8 Å². The summed E-state index contributed by atoms with van der Waals surface area (Å²) in [6, 6.07) is 0. The van der Waals surface area contributed by atoms with Gasteiger partial charge in [0.15, 0.2) is 0 Å². The summed E-state index contributed by atoms with van der Waals surface area (Å²) in [5.41, 5.74) is 0.948. The SMILES string of the molecule is CC1=CP(=O)(OC(C)CO)C=C1. The van der Waals surface area contributed by atoms with E-state index in [1.165, 1.54) is 0 Å². The van der Waals surface area contributed by atoms with Crippen LogP contribution < -0.4 is 0 Å². The lowest BCUT2D eigenvalue weighted by Gasteiger charge is -2.13.